The molecule has 2 aromatic rings. The zero-order valence-corrected chi connectivity index (χ0v) is 10.00. The highest BCUT2D eigenvalue weighted by Crippen LogP contribution is 2.20. The lowest BCUT2D eigenvalue weighted by Gasteiger charge is -2.04. The van der Waals surface area contributed by atoms with Gasteiger partial charge in [0.25, 0.3) is 0 Å². The maximum atomic E-state index is 5.62. The van der Waals surface area contributed by atoms with Gasteiger partial charge in [-0.25, -0.2) is 0 Å². The summed E-state index contributed by atoms with van der Waals surface area (Å²) in [6.45, 7) is 4.56. The van der Waals surface area contributed by atoms with Crippen molar-refractivity contribution in [2.24, 2.45) is 5.73 Å². The fourth-order valence-electron chi connectivity index (χ4n) is 1.38. The number of nitrogens with zero attached hydrogens (tertiary/aromatic N) is 3. The van der Waals surface area contributed by atoms with Crippen LogP contribution in [-0.2, 0) is 6.54 Å². The van der Waals surface area contributed by atoms with E-state index in [1.807, 2.05) is 23.0 Å². The molecule has 0 aliphatic heterocycles. The Bertz CT molecular complexity index is 476. The minimum Gasteiger partial charge on any atom is -0.452 e. The highest BCUT2D eigenvalue weighted by Gasteiger charge is 2.04. The van der Waals surface area contributed by atoms with Crippen LogP contribution in [0.3, 0.4) is 0 Å². The lowest BCUT2D eigenvalue weighted by atomic mass is 10.3. The van der Waals surface area contributed by atoms with Gasteiger partial charge in [0.15, 0.2) is 5.75 Å². The molecule has 0 spiro atoms. The van der Waals surface area contributed by atoms with Crippen LogP contribution in [-0.4, -0.2) is 14.8 Å². The first-order valence-corrected chi connectivity index (χ1v) is 5.56. The van der Waals surface area contributed by atoms with Crippen molar-refractivity contribution < 1.29 is 4.74 Å². The fourth-order valence-corrected chi connectivity index (χ4v) is 1.38. The normalized spacial score (nSPS) is 10.8. The highest BCUT2D eigenvalue weighted by atomic mass is 16.5. The largest absolute Gasteiger partial charge is 0.452 e. The smallest absolute Gasteiger partial charge is 0.165 e. The van der Waals surface area contributed by atoms with Gasteiger partial charge in [-0.05, 0) is 26.0 Å². The van der Waals surface area contributed by atoms with Crippen molar-refractivity contribution in [2.45, 2.75) is 26.4 Å². The molecule has 0 aliphatic carbocycles. The minimum absolute atomic E-state index is 0.324. The van der Waals surface area contributed by atoms with Crippen molar-refractivity contribution in [1.29, 1.82) is 0 Å². The van der Waals surface area contributed by atoms with Crippen LogP contribution in [0.5, 0.6) is 11.5 Å². The lowest BCUT2D eigenvalue weighted by molar-refractivity contribution is 0.474. The van der Waals surface area contributed by atoms with Gasteiger partial charge in [-0.15, -0.1) is 0 Å². The van der Waals surface area contributed by atoms with Gasteiger partial charge in [0, 0.05) is 12.6 Å². The van der Waals surface area contributed by atoms with E-state index in [9.17, 15) is 0 Å². The molecule has 5 nitrogen and oxygen atoms in total. The maximum absolute atomic E-state index is 5.62. The number of hydrogen-bond acceptors (Lipinski definition) is 4. The van der Waals surface area contributed by atoms with E-state index in [-0.39, 0.29) is 0 Å². The molecule has 0 unspecified atom stereocenters. The zero-order chi connectivity index (χ0) is 12.3. The standard InChI is InChI=1S/C12H16N4O/c1-9(2)16-8-12(7-15-16)17-11-4-3-10(5-13)14-6-11/h3-4,6-9H,5,13H2,1-2H3. The molecule has 0 aliphatic rings. The van der Waals surface area contributed by atoms with Crippen LogP contribution in [0.25, 0.3) is 0 Å². The molecule has 2 heterocycles. The van der Waals surface area contributed by atoms with E-state index in [1.165, 1.54) is 0 Å². The summed E-state index contributed by atoms with van der Waals surface area (Å²) in [6, 6.07) is 4.02. The van der Waals surface area contributed by atoms with Crippen LogP contribution in [0.15, 0.2) is 30.7 Å². The monoisotopic (exact) mass is 232 g/mol. The first-order valence-electron chi connectivity index (χ1n) is 5.56. The second kappa shape index (κ2) is 4.97. The van der Waals surface area contributed by atoms with Gasteiger partial charge in [0.2, 0.25) is 0 Å². The second-order valence-corrected chi connectivity index (χ2v) is 4.04. The van der Waals surface area contributed by atoms with Crippen molar-refractivity contribution in [3.8, 4) is 11.5 Å². The van der Waals surface area contributed by atoms with Crippen LogP contribution in [0.4, 0.5) is 0 Å². The van der Waals surface area contributed by atoms with Crippen LogP contribution in [0.1, 0.15) is 25.6 Å². The molecule has 90 valence electrons. The van der Waals surface area contributed by atoms with Gasteiger partial charge < -0.3 is 10.5 Å². The number of hydrogen-bond donors (Lipinski definition) is 1. The highest BCUT2D eigenvalue weighted by molar-refractivity contribution is 5.26. The van der Waals surface area contributed by atoms with Gasteiger partial charge in [-0.2, -0.15) is 5.10 Å². The van der Waals surface area contributed by atoms with Gasteiger partial charge >= 0.3 is 0 Å². The molecule has 0 atom stereocenters. The van der Waals surface area contributed by atoms with E-state index in [0.717, 1.165) is 5.69 Å². The molecule has 0 bridgehead atoms. The van der Waals surface area contributed by atoms with Crippen LogP contribution in [0.2, 0.25) is 0 Å². The molecule has 5 heteroatoms. The Balaban J connectivity index is 2.08. The maximum Gasteiger partial charge on any atom is 0.165 e. The third kappa shape index (κ3) is 2.82. The first-order chi connectivity index (χ1) is 8.19. The van der Waals surface area contributed by atoms with Gasteiger partial charge in [0.1, 0.15) is 5.75 Å². The van der Waals surface area contributed by atoms with Gasteiger partial charge in [0.05, 0.1) is 24.3 Å². The Morgan fingerprint density at radius 1 is 1.29 bits per heavy atom. The molecule has 0 saturated carbocycles. The van der Waals surface area contributed by atoms with E-state index < -0.39 is 0 Å². The summed E-state index contributed by atoms with van der Waals surface area (Å²) in [4.78, 5) is 4.16. The number of rotatable bonds is 4. The minimum atomic E-state index is 0.324. The summed E-state index contributed by atoms with van der Waals surface area (Å²) in [5.74, 6) is 1.39. The summed E-state index contributed by atoms with van der Waals surface area (Å²) in [5, 5.41) is 4.20. The molecule has 0 radical (unpaired) electrons. The summed E-state index contributed by atoms with van der Waals surface area (Å²) in [7, 11) is 0. The van der Waals surface area contributed by atoms with Crippen molar-refractivity contribution >= 4 is 0 Å². The summed E-state index contributed by atoms with van der Waals surface area (Å²) < 4.78 is 7.47. The summed E-state index contributed by atoms with van der Waals surface area (Å²) in [5.41, 5.74) is 6.32. The molecule has 0 aromatic carbocycles. The molecule has 2 N–H and O–H groups in total. The quantitative estimate of drug-likeness (QED) is 0.876. The molecule has 2 aromatic heterocycles. The third-order valence-corrected chi connectivity index (χ3v) is 2.35. The van der Waals surface area contributed by atoms with Crippen molar-refractivity contribution in [3.05, 3.63) is 36.4 Å². The molecular formula is C12H16N4O. The molecule has 0 amide bonds. The number of nitrogens with two attached hydrogens (primary N) is 1. The van der Waals surface area contributed by atoms with E-state index in [1.54, 1.807) is 12.4 Å². The molecule has 17 heavy (non-hydrogen) atoms. The fraction of sp³-hybridized carbons (Fsp3) is 0.333. The van der Waals surface area contributed by atoms with Crippen LogP contribution < -0.4 is 10.5 Å². The first kappa shape index (κ1) is 11.6. The molecular weight excluding hydrogens is 216 g/mol. The Kier molecular flexibility index (Phi) is 3.39. The Morgan fingerprint density at radius 3 is 2.65 bits per heavy atom. The summed E-state index contributed by atoms with van der Waals surface area (Å²) >= 11 is 0. The third-order valence-electron chi connectivity index (χ3n) is 2.35. The second-order valence-electron chi connectivity index (χ2n) is 4.04. The zero-order valence-electron chi connectivity index (χ0n) is 10.00. The van der Waals surface area contributed by atoms with E-state index in [0.29, 0.717) is 24.1 Å². The Hall–Kier alpha value is -1.88. The number of aromatic nitrogens is 3. The SMILES string of the molecule is CC(C)n1cc(Oc2ccc(CN)nc2)cn1. The average Bonchev–Trinajstić information content (AvgIpc) is 2.79. The number of ether oxygens (including phenoxy) is 1. The van der Waals surface area contributed by atoms with E-state index >= 15 is 0 Å². The predicted octanol–water partition coefficient (Wildman–Crippen LogP) is 2.11. The Labute approximate surface area is 100 Å². The van der Waals surface area contributed by atoms with Crippen molar-refractivity contribution in [2.75, 3.05) is 0 Å². The van der Waals surface area contributed by atoms with Gasteiger partial charge in [-0.1, -0.05) is 0 Å². The average molecular weight is 232 g/mol. The van der Waals surface area contributed by atoms with Gasteiger partial charge in [-0.3, -0.25) is 9.67 Å². The molecule has 0 fully saturated rings. The number of pyridine rings is 1. The summed E-state index contributed by atoms with van der Waals surface area (Å²) in [6.07, 6.45) is 5.22. The van der Waals surface area contributed by atoms with E-state index in [4.69, 9.17) is 10.5 Å². The van der Waals surface area contributed by atoms with Crippen LogP contribution >= 0.6 is 0 Å². The molecule has 2 rings (SSSR count). The topological polar surface area (TPSA) is 66.0 Å². The Morgan fingerprint density at radius 2 is 2.12 bits per heavy atom. The van der Waals surface area contributed by atoms with Crippen molar-refractivity contribution in [3.63, 3.8) is 0 Å². The lowest BCUT2D eigenvalue weighted by Crippen LogP contribution is -1.99. The molecule has 0 saturated heterocycles. The van der Waals surface area contributed by atoms with Crippen molar-refractivity contribution in [1.82, 2.24) is 14.8 Å². The van der Waals surface area contributed by atoms with Crippen LogP contribution in [0, 0.1) is 0 Å². The predicted molar refractivity (Wildman–Crippen MR) is 64.8 cm³/mol. The van der Waals surface area contributed by atoms with E-state index in [2.05, 4.69) is 23.9 Å².